The molecule has 0 bridgehead atoms. The van der Waals surface area contributed by atoms with Gasteiger partial charge in [-0.05, 0) is 42.5 Å². The molecule has 0 aliphatic carbocycles. The number of imide groups is 1. The van der Waals surface area contributed by atoms with Gasteiger partial charge in [0.15, 0.2) is 5.69 Å². The highest BCUT2D eigenvalue weighted by Crippen LogP contribution is 2.29. The third-order valence-electron chi connectivity index (χ3n) is 7.28. The van der Waals surface area contributed by atoms with Crippen molar-refractivity contribution in [2.75, 3.05) is 18.4 Å². The van der Waals surface area contributed by atoms with Gasteiger partial charge < -0.3 is 10.6 Å². The number of aromatic nitrogens is 2. The molecule has 12 heteroatoms. The molecule has 0 spiro atoms. The van der Waals surface area contributed by atoms with Crippen LogP contribution in [0.1, 0.15) is 63.6 Å². The van der Waals surface area contributed by atoms with Gasteiger partial charge >= 0.3 is 0 Å². The number of hydrogen-bond acceptors (Lipinski definition) is 6. The maximum atomic E-state index is 13.0. The van der Waals surface area contributed by atoms with Gasteiger partial charge in [-0.1, -0.05) is 53.5 Å². The van der Waals surface area contributed by atoms with Crippen LogP contribution in [0.4, 0.5) is 5.69 Å². The Morgan fingerprint density at radius 1 is 0.975 bits per heavy atom. The molecule has 3 aromatic rings. The lowest BCUT2D eigenvalue weighted by Crippen LogP contribution is -2.44. The average Bonchev–Trinajstić information content (AvgIpc) is 3.38. The number of H-pyrrole nitrogens is 1. The van der Waals surface area contributed by atoms with E-state index < -0.39 is 11.8 Å². The van der Waals surface area contributed by atoms with E-state index in [-0.39, 0.29) is 50.8 Å². The Balaban J connectivity index is 1.16. The fourth-order valence-corrected chi connectivity index (χ4v) is 5.77. The summed E-state index contributed by atoms with van der Waals surface area (Å²) in [5, 5.41) is 15.2. The summed E-state index contributed by atoms with van der Waals surface area (Å²) in [5.74, 6) is -1.74. The van der Waals surface area contributed by atoms with Crippen LogP contribution < -0.4 is 16.0 Å². The Labute approximate surface area is 240 Å². The zero-order valence-electron chi connectivity index (χ0n) is 21.5. The first kappa shape index (κ1) is 27.8. The summed E-state index contributed by atoms with van der Waals surface area (Å²) in [6.45, 7) is 2.18. The van der Waals surface area contributed by atoms with E-state index in [1.165, 1.54) is 6.20 Å². The number of aromatic amines is 1. The van der Waals surface area contributed by atoms with E-state index in [4.69, 9.17) is 23.2 Å². The van der Waals surface area contributed by atoms with Gasteiger partial charge in [0.2, 0.25) is 11.8 Å². The van der Waals surface area contributed by atoms with Crippen LogP contribution in [0.3, 0.4) is 0 Å². The van der Waals surface area contributed by atoms with E-state index in [2.05, 4.69) is 31.0 Å². The van der Waals surface area contributed by atoms with Crippen molar-refractivity contribution < 1.29 is 19.2 Å². The molecule has 2 aromatic carbocycles. The molecule has 1 unspecified atom stereocenters. The highest BCUT2D eigenvalue weighted by molar-refractivity contribution is 6.40. The molecule has 208 valence electrons. The molecule has 40 heavy (non-hydrogen) atoms. The van der Waals surface area contributed by atoms with Crippen molar-refractivity contribution in [3.63, 3.8) is 0 Å². The Bertz CT molecular complexity index is 1430. The first-order valence-corrected chi connectivity index (χ1v) is 13.8. The van der Waals surface area contributed by atoms with Gasteiger partial charge in [-0.2, -0.15) is 5.10 Å². The molecule has 2 fully saturated rings. The first-order chi connectivity index (χ1) is 19.3. The largest absolute Gasteiger partial charge is 0.348 e. The molecule has 5 rings (SSSR count). The number of anilines is 1. The molecule has 0 radical (unpaired) electrons. The van der Waals surface area contributed by atoms with Crippen molar-refractivity contribution in [2.45, 2.75) is 44.2 Å². The minimum absolute atomic E-state index is 0.0626. The number of rotatable bonds is 7. The van der Waals surface area contributed by atoms with E-state index in [1.54, 1.807) is 18.2 Å². The minimum atomic E-state index is -0.544. The van der Waals surface area contributed by atoms with E-state index in [9.17, 15) is 19.2 Å². The van der Waals surface area contributed by atoms with Gasteiger partial charge in [0.1, 0.15) is 0 Å². The Kier molecular flexibility index (Phi) is 8.49. The number of carbonyl (C=O) groups is 4. The lowest BCUT2D eigenvalue weighted by molar-refractivity contribution is -0.134. The molecule has 10 nitrogen and oxygen atoms in total. The summed E-state index contributed by atoms with van der Waals surface area (Å²) in [5.41, 5.74) is 2.42. The molecule has 0 saturated carbocycles. The van der Waals surface area contributed by atoms with Crippen molar-refractivity contribution in [1.82, 2.24) is 25.7 Å². The van der Waals surface area contributed by atoms with Crippen LogP contribution in [0.2, 0.25) is 10.0 Å². The van der Waals surface area contributed by atoms with Crippen LogP contribution in [-0.4, -0.2) is 57.9 Å². The second kappa shape index (κ2) is 12.2. The third kappa shape index (κ3) is 6.19. The van der Waals surface area contributed by atoms with Crippen LogP contribution in [0.25, 0.3) is 0 Å². The molecule has 4 N–H and O–H groups in total. The average molecular weight is 583 g/mol. The number of likely N-dealkylation sites (tertiary alicyclic amines) is 1. The lowest BCUT2D eigenvalue weighted by Gasteiger charge is -2.33. The second-order valence-electron chi connectivity index (χ2n) is 9.92. The summed E-state index contributed by atoms with van der Waals surface area (Å²) >= 11 is 12.3. The van der Waals surface area contributed by atoms with E-state index in [0.29, 0.717) is 19.4 Å². The molecule has 3 heterocycles. The van der Waals surface area contributed by atoms with E-state index >= 15 is 0 Å². The molecule has 1 aromatic heterocycles. The fraction of sp³-hybridized carbons (Fsp3) is 0.321. The third-order valence-corrected chi connectivity index (χ3v) is 7.91. The molecular weight excluding hydrogens is 555 g/mol. The monoisotopic (exact) mass is 582 g/mol. The number of benzene rings is 2. The Hall–Kier alpha value is -3.73. The maximum Gasteiger partial charge on any atom is 0.274 e. The predicted molar refractivity (Wildman–Crippen MR) is 150 cm³/mol. The summed E-state index contributed by atoms with van der Waals surface area (Å²) in [6, 6.07) is 12.6. The summed E-state index contributed by atoms with van der Waals surface area (Å²) in [4.78, 5) is 52.1. The van der Waals surface area contributed by atoms with Crippen LogP contribution in [0, 0.1) is 0 Å². The normalized spacial score (nSPS) is 18.3. The zero-order valence-corrected chi connectivity index (χ0v) is 23.0. The van der Waals surface area contributed by atoms with Gasteiger partial charge in [-0.15, -0.1) is 0 Å². The highest BCUT2D eigenvalue weighted by atomic mass is 35.5. The smallest absolute Gasteiger partial charge is 0.274 e. The highest BCUT2D eigenvalue weighted by Gasteiger charge is 2.30. The van der Waals surface area contributed by atoms with Crippen molar-refractivity contribution in [1.29, 1.82) is 0 Å². The van der Waals surface area contributed by atoms with Crippen LogP contribution in [0.15, 0.2) is 48.7 Å². The quantitative estimate of drug-likeness (QED) is 0.312. The van der Waals surface area contributed by atoms with Gasteiger partial charge in [0, 0.05) is 38.3 Å². The molecule has 2 aliphatic heterocycles. The topological polar surface area (TPSA) is 136 Å². The fourth-order valence-electron chi connectivity index (χ4n) is 5.20. The maximum absolute atomic E-state index is 13.0. The van der Waals surface area contributed by atoms with Gasteiger partial charge in [-0.25, -0.2) is 0 Å². The van der Waals surface area contributed by atoms with Gasteiger partial charge in [0.25, 0.3) is 11.8 Å². The number of amides is 4. The number of nitrogens with one attached hydrogen (secondary N) is 4. The number of carbonyl (C=O) groups excluding carboxylic acids is 4. The number of piperidine rings is 2. The molecule has 2 saturated heterocycles. The zero-order chi connectivity index (χ0) is 28.2. The standard InChI is InChI=1S/C28H28Cl2N6O4/c29-20-6-3-7-21(30)24(20)27(39)33-22-14-31-35-25(22)28(40)32-17-10-12-36(13-11-17)15-16-4-1-2-5-18(16)19-8-9-23(37)34-26(19)38/h1-7,14,17,19H,8-13,15H2,(H,31,35)(H,32,40)(H,33,39)(H,34,37,38). The first-order valence-electron chi connectivity index (χ1n) is 13.0. The Morgan fingerprint density at radius 3 is 2.42 bits per heavy atom. The van der Waals surface area contributed by atoms with Crippen LogP contribution in [-0.2, 0) is 16.1 Å². The van der Waals surface area contributed by atoms with Gasteiger partial charge in [0.05, 0.1) is 27.2 Å². The van der Waals surface area contributed by atoms with Crippen LogP contribution >= 0.6 is 23.2 Å². The number of halogens is 2. The van der Waals surface area contributed by atoms with Crippen molar-refractivity contribution in [3.8, 4) is 0 Å². The lowest BCUT2D eigenvalue weighted by atomic mass is 9.87. The molecule has 2 aliphatic rings. The minimum Gasteiger partial charge on any atom is -0.348 e. The van der Waals surface area contributed by atoms with Gasteiger partial charge in [-0.3, -0.25) is 34.5 Å². The predicted octanol–water partition coefficient (Wildman–Crippen LogP) is 3.88. The second-order valence-corrected chi connectivity index (χ2v) is 10.7. The molecule has 1 atom stereocenters. The van der Waals surface area contributed by atoms with E-state index in [0.717, 1.165) is 37.1 Å². The Morgan fingerprint density at radius 2 is 1.70 bits per heavy atom. The number of nitrogens with zero attached hydrogens (tertiary/aromatic N) is 2. The van der Waals surface area contributed by atoms with Crippen molar-refractivity contribution in [2.24, 2.45) is 0 Å². The van der Waals surface area contributed by atoms with Crippen LogP contribution in [0.5, 0.6) is 0 Å². The molecule has 4 amide bonds. The SMILES string of the molecule is O=C1CCC(c2ccccc2CN2CCC(NC(=O)c3n[nH]cc3NC(=O)c3c(Cl)cccc3Cl)CC2)C(=O)N1. The summed E-state index contributed by atoms with van der Waals surface area (Å²) in [7, 11) is 0. The van der Waals surface area contributed by atoms with Crippen molar-refractivity contribution >= 4 is 52.5 Å². The van der Waals surface area contributed by atoms with Crippen molar-refractivity contribution in [3.05, 3.63) is 81.1 Å². The summed E-state index contributed by atoms with van der Waals surface area (Å²) in [6.07, 6.45) is 3.74. The summed E-state index contributed by atoms with van der Waals surface area (Å²) < 4.78 is 0. The van der Waals surface area contributed by atoms with E-state index in [1.807, 2.05) is 24.3 Å². The number of hydrogen-bond donors (Lipinski definition) is 4. The molecular formula is C28H28Cl2N6O4.